The van der Waals surface area contributed by atoms with E-state index in [9.17, 15) is 0 Å². The van der Waals surface area contributed by atoms with Crippen LogP contribution in [-0.4, -0.2) is 28.3 Å². The number of rotatable bonds is 7. The Hall–Kier alpha value is -0.480. The molecule has 1 rings (SSSR count). The maximum atomic E-state index is 4.22. The van der Waals surface area contributed by atoms with E-state index < -0.39 is 0 Å². The van der Waals surface area contributed by atoms with E-state index in [0.717, 1.165) is 13.1 Å². The average Bonchev–Trinajstić information content (AvgIpc) is 2.54. The highest BCUT2D eigenvalue weighted by Crippen LogP contribution is 2.04. The van der Waals surface area contributed by atoms with Gasteiger partial charge in [-0.3, -0.25) is 4.68 Å². The third-order valence-electron chi connectivity index (χ3n) is 2.60. The second-order valence-electron chi connectivity index (χ2n) is 3.76. The van der Waals surface area contributed by atoms with Crippen LogP contribution in [-0.2, 0) is 13.6 Å². The third-order valence-corrected chi connectivity index (χ3v) is 3.30. The van der Waals surface area contributed by atoms with Crippen LogP contribution >= 0.6 is 11.8 Å². The Morgan fingerprint density at radius 3 is 2.87 bits per heavy atom. The van der Waals surface area contributed by atoms with Crippen molar-refractivity contribution in [3.05, 3.63) is 17.5 Å². The molecule has 1 aromatic heterocycles. The zero-order chi connectivity index (χ0) is 11.1. The maximum Gasteiger partial charge on any atom is 0.0537 e. The van der Waals surface area contributed by atoms with Crippen molar-refractivity contribution in [2.75, 3.05) is 18.6 Å². The second kappa shape index (κ2) is 6.90. The average molecular weight is 227 g/mol. The summed E-state index contributed by atoms with van der Waals surface area (Å²) in [6.45, 7) is 4.16. The first-order valence-corrected chi connectivity index (χ1v) is 6.82. The minimum Gasteiger partial charge on any atom is -0.313 e. The smallest absolute Gasteiger partial charge is 0.0537 e. The van der Waals surface area contributed by atoms with Crippen molar-refractivity contribution in [3.8, 4) is 0 Å². The first-order valence-electron chi connectivity index (χ1n) is 5.43. The van der Waals surface area contributed by atoms with Gasteiger partial charge in [-0.1, -0.05) is 0 Å². The van der Waals surface area contributed by atoms with Gasteiger partial charge in [0.15, 0.2) is 0 Å². The van der Waals surface area contributed by atoms with Gasteiger partial charge in [0, 0.05) is 24.8 Å². The molecule has 0 aliphatic heterocycles. The van der Waals surface area contributed by atoms with Gasteiger partial charge < -0.3 is 5.32 Å². The van der Waals surface area contributed by atoms with Crippen LogP contribution in [0.2, 0.25) is 0 Å². The Morgan fingerprint density at radius 2 is 2.27 bits per heavy atom. The summed E-state index contributed by atoms with van der Waals surface area (Å²) in [5.41, 5.74) is 2.56. The lowest BCUT2D eigenvalue weighted by molar-refractivity contribution is 0.640. The number of thioether (sulfide) groups is 1. The highest BCUT2D eigenvalue weighted by atomic mass is 32.2. The summed E-state index contributed by atoms with van der Waals surface area (Å²) in [6.07, 6.45) is 6.68. The fraction of sp³-hybridized carbons (Fsp3) is 0.727. The lowest BCUT2D eigenvalue weighted by Gasteiger charge is -2.04. The monoisotopic (exact) mass is 227 g/mol. The molecule has 1 aromatic rings. The summed E-state index contributed by atoms with van der Waals surface area (Å²) in [6, 6.07) is 0. The molecule has 0 radical (unpaired) electrons. The normalized spacial score (nSPS) is 10.9. The van der Waals surface area contributed by atoms with Crippen LogP contribution in [0.25, 0.3) is 0 Å². The van der Waals surface area contributed by atoms with Crippen LogP contribution in [0.5, 0.6) is 0 Å². The molecule has 0 aromatic carbocycles. The zero-order valence-electron chi connectivity index (χ0n) is 9.92. The van der Waals surface area contributed by atoms with Crippen molar-refractivity contribution in [1.82, 2.24) is 15.1 Å². The van der Waals surface area contributed by atoms with Gasteiger partial charge in [-0.2, -0.15) is 16.9 Å². The Balaban J connectivity index is 2.12. The fourth-order valence-corrected chi connectivity index (χ4v) is 1.93. The number of hydrogen-bond acceptors (Lipinski definition) is 3. The molecule has 86 valence electrons. The van der Waals surface area contributed by atoms with Crippen LogP contribution in [0, 0.1) is 6.92 Å². The molecule has 0 saturated heterocycles. The van der Waals surface area contributed by atoms with Crippen LogP contribution in [0.3, 0.4) is 0 Å². The maximum absolute atomic E-state index is 4.22. The van der Waals surface area contributed by atoms with Gasteiger partial charge in [-0.05, 0) is 38.3 Å². The number of unbranched alkanes of at least 4 members (excludes halogenated alkanes) is 1. The first-order chi connectivity index (χ1) is 7.25. The van der Waals surface area contributed by atoms with Crippen LogP contribution in [0.1, 0.15) is 24.1 Å². The quantitative estimate of drug-likeness (QED) is 0.722. The van der Waals surface area contributed by atoms with Crippen molar-refractivity contribution in [2.45, 2.75) is 26.3 Å². The number of nitrogens with zero attached hydrogens (tertiary/aromatic N) is 2. The van der Waals surface area contributed by atoms with Gasteiger partial charge >= 0.3 is 0 Å². The Kier molecular flexibility index (Phi) is 5.79. The van der Waals surface area contributed by atoms with E-state index >= 15 is 0 Å². The van der Waals surface area contributed by atoms with Gasteiger partial charge in [-0.15, -0.1) is 0 Å². The van der Waals surface area contributed by atoms with Gasteiger partial charge in [0.05, 0.1) is 6.20 Å². The van der Waals surface area contributed by atoms with Crippen molar-refractivity contribution >= 4 is 11.8 Å². The molecule has 15 heavy (non-hydrogen) atoms. The van der Waals surface area contributed by atoms with Crippen LogP contribution in [0.4, 0.5) is 0 Å². The Morgan fingerprint density at radius 1 is 1.47 bits per heavy atom. The highest BCUT2D eigenvalue weighted by molar-refractivity contribution is 7.98. The molecule has 0 spiro atoms. The van der Waals surface area contributed by atoms with E-state index in [4.69, 9.17) is 0 Å². The Labute approximate surface area is 96.6 Å². The van der Waals surface area contributed by atoms with Crippen LogP contribution in [0.15, 0.2) is 6.20 Å². The molecule has 0 aliphatic rings. The van der Waals surface area contributed by atoms with Gasteiger partial charge in [0.2, 0.25) is 0 Å². The lowest BCUT2D eigenvalue weighted by Crippen LogP contribution is -2.15. The summed E-state index contributed by atoms with van der Waals surface area (Å²) >= 11 is 1.92. The van der Waals surface area contributed by atoms with Gasteiger partial charge in [0.1, 0.15) is 0 Å². The van der Waals surface area contributed by atoms with E-state index in [-0.39, 0.29) is 0 Å². The van der Waals surface area contributed by atoms with Crippen molar-refractivity contribution in [3.63, 3.8) is 0 Å². The van der Waals surface area contributed by atoms with E-state index in [0.29, 0.717) is 0 Å². The lowest BCUT2D eigenvalue weighted by atomic mass is 10.2. The minimum atomic E-state index is 0.943. The summed E-state index contributed by atoms with van der Waals surface area (Å²) in [7, 11) is 1.98. The van der Waals surface area contributed by atoms with Gasteiger partial charge in [0.25, 0.3) is 0 Å². The van der Waals surface area contributed by atoms with Crippen molar-refractivity contribution in [1.29, 1.82) is 0 Å². The summed E-state index contributed by atoms with van der Waals surface area (Å²) in [5, 5.41) is 7.67. The second-order valence-corrected chi connectivity index (χ2v) is 4.74. The van der Waals surface area contributed by atoms with Crippen LogP contribution < -0.4 is 5.32 Å². The van der Waals surface area contributed by atoms with Crippen molar-refractivity contribution in [2.24, 2.45) is 7.05 Å². The molecule has 0 atom stereocenters. The molecule has 1 heterocycles. The number of nitrogens with one attached hydrogen (secondary N) is 1. The predicted molar refractivity (Wildman–Crippen MR) is 67.3 cm³/mol. The Bertz CT molecular complexity index is 283. The molecular weight excluding hydrogens is 206 g/mol. The van der Waals surface area contributed by atoms with Gasteiger partial charge in [-0.25, -0.2) is 0 Å². The van der Waals surface area contributed by atoms with E-state index in [1.54, 1.807) is 0 Å². The van der Waals surface area contributed by atoms with E-state index in [1.165, 1.54) is 29.9 Å². The summed E-state index contributed by atoms with van der Waals surface area (Å²) < 4.78 is 1.92. The SMILES string of the molecule is CSCCCCNCc1cnn(C)c1C. The molecule has 4 heteroatoms. The molecule has 0 fully saturated rings. The van der Waals surface area contributed by atoms with E-state index in [1.807, 2.05) is 29.7 Å². The molecule has 0 aliphatic carbocycles. The zero-order valence-corrected chi connectivity index (χ0v) is 10.7. The molecule has 0 amide bonds. The summed E-state index contributed by atoms with van der Waals surface area (Å²) in [5.74, 6) is 1.27. The summed E-state index contributed by atoms with van der Waals surface area (Å²) in [4.78, 5) is 0. The molecular formula is C11H21N3S. The number of aryl methyl sites for hydroxylation is 1. The largest absolute Gasteiger partial charge is 0.313 e. The topological polar surface area (TPSA) is 29.9 Å². The minimum absolute atomic E-state index is 0.943. The third kappa shape index (κ3) is 4.26. The standard InChI is InChI=1S/C11H21N3S/c1-10-11(9-13-14(10)2)8-12-6-4-5-7-15-3/h9,12H,4-8H2,1-3H3. The first kappa shape index (κ1) is 12.6. The molecule has 0 bridgehead atoms. The number of aromatic nitrogens is 2. The molecule has 0 unspecified atom stereocenters. The van der Waals surface area contributed by atoms with Crippen molar-refractivity contribution < 1.29 is 0 Å². The molecule has 0 saturated carbocycles. The molecule has 1 N–H and O–H groups in total. The van der Waals surface area contributed by atoms with E-state index in [2.05, 4.69) is 23.6 Å². The molecule has 3 nitrogen and oxygen atoms in total. The predicted octanol–water partition coefficient (Wildman–Crippen LogP) is 1.96. The fourth-order valence-electron chi connectivity index (χ4n) is 1.44. The number of hydrogen-bond donors (Lipinski definition) is 1. The highest BCUT2D eigenvalue weighted by Gasteiger charge is 2.01.